The number of aromatic nitrogens is 1. The average molecular weight is 274 g/mol. The Morgan fingerprint density at radius 3 is 2.60 bits per heavy atom. The molecule has 1 unspecified atom stereocenters. The second-order valence-electron chi connectivity index (χ2n) is 4.78. The largest absolute Gasteiger partial charge is 0.497 e. The molecule has 2 rings (SSSR count). The Kier molecular flexibility index (Phi) is 4.93. The predicted molar refractivity (Wildman–Crippen MR) is 78.6 cm³/mol. The summed E-state index contributed by atoms with van der Waals surface area (Å²) in [5.41, 5.74) is 1.26. The van der Waals surface area contributed by atoms with Crippen LogP contribution in [0.15, 0.2) is 42.5 Å². The first-order valence-corrected chi connectivity index (χ1v) is 6.69. The van der Waals surface area contributed by atoms with E-state index in [1.165, 1.54) is 11.6 Å². The lowest BCUT2D eigenvalue weighted by atomic mass is 10.1. The monoisotopic (exact) mass is 274 g/mol. The maximum atomic E-state index is 13.0. The highest BCUT2D eigenvalue weighted by Gasteiger charge is 2.04. The fourth-order valence-corrected chi connectivity index (χ4v) is 1.99. The minimum absolute atomic E-state index is 0.228. The summed E-state index contributed by atoms with van der Waals surface area (Å²) in [5, 5.41) is 3.20. The maximum Gasteiger partial charge on any atom is 0.214 e. The molecule has 1 N–H and O–H groups in total. The molecular formula is C16H19FN2O. The van der Waals surface area contributed by atoms with Crippen LogP contribution in [0.1, 0.15) is 18.9 Å². The lowest BCUT2D eigenvalue weighted by molar-refractivity contribution is 0.414. The van der Waals surface area contributed by atoms with Crippen molar-refractivity contribution >= 4 is 5.82 Å². The molecule has 0 bridgehead atoms. The van der Waals surface area contributed by atoms with Crippen molar-refractivity contribution in [1.82, 2.24) is 4.98 Å². The lowest BCUT2D eigenvalue weighted by Gasteiger charge is -2.14. The molecule has 0 aliphatic carbocycles. The summed E-state index contributed by atoms with van der Waals surface area (Å²) in [6.45, 7) is 2.07. The van der Waals surface area contributed by atoms with E-state index >= 15 is 0 Å². The van der Waals surface area contributed by atoms with Crippen molar-refractivity contribution in [3.05, 3.63) is 54.0 Å². The van der Waals surface area contributed by atoms with Gasteiger partial charge in [0.05, 0.1) is 7.11 Å². The third-order valence-corrected chi connectivity index (χ3v) is 3.13. The molecule has 0 saturated carbocycles. The SMILES string of the molecule is COc1ccc(CCC(C)Nc2cccc(F)n2)cc1. The molecule has 20 heavy (non-hydrogen) atoms. The summed E-state index contributed by atoms with van der Waals surface area (Å²) in [5.74, 6) is 0.980. The maximum absolute atomic E-state index is 13.0. The van der Waals surface area contributed by atoms with Crippen LogP contribution in [0.5, 0.6) is 5.75 Å². The van der Waals surface area contributed by atoms with Gasteiger partial charge in [-0.2, -0.15) is 4.39 Å². The molecule has 1 aromatic heterocycles. The highest BCUT2D eigenvalue weighted by Crippen LogP contribution is 2.14. The third kappa shape index (κ3) is 4.23. The van der Waals surface area contributed by atoms with Crippen molar-refractivity contribution < 1.29 is 9.13 Å². The number of methoxy groups -OCH3 is 1. The van der Waals surface area contributed by atoms with Crippen LogP contribution in [-0.2, 0) is 6.42 Å². The second-order valence-corrected chi connectivity index (χ2v) is 4.78. The molecular weight excluding hydrogens is 255 g/mol. The summed E-state index contributed by atoms with van der Waals surface area (Å²) < 4.78 is 18.1. The Balaban J connectivity index is 1.83. The molecule has 3 nitrogen and oxygen atoms in total. The highest BCUT2D eigenvalue weighted by atomic mass is 19.1. The first kappa shape index (κ1) is 14.3. The van der Waals surface area contributed by atoms with Gasteiger partial charge in [0.25, 0.3) is 0 Å². The van der Waals surface area contributed by atoms with Crippen molar-refractivity contribution in [2.24, 2.45) is 0 Å². The van der Waals surface area contributed by atoms with Gasteiger partial charge >= 0.3 is 0 Å². The van der Waals surface area contributed by atoms with Gasteiger partial charge in [-0.25, -0.2) is 4.98 Å². The van der Waals surface area contributed by atoms with Crippen molar-refractivity contribution in [2.75, 3.05) is 12.4 Å². The Hall–Kier alpha value is -2.10. The van der Waals surface area contributed by atoms with Crippen LogP contribution in [0.3, 0.4) is 0 Å². The normalized spacial score (nSPS) is 11.9. The van der Waals surface area contributed by atoms with Gasteiger partial charge in [0.2, 0.25) is 5.95 Å². The quantitative estimate of drug-likeness (QED) is 0.816. The van der Waals surface area contributed by atoms with Crippen molar-refractivity contribution in [2.45, 2.75) is 25.8 Å². The average Bonchev–Trinajstić information content (AvgIpc) is 2.46. The van der Waals surface area contributed by atoms with Gasteiger partial charge in [-0.1, -0.05) is 18.2 Å². The van der Waals surface area contributed by atoms with E-state index in [1.54, 1.807) is 19.2 Å². The van der Waals surface area contributed by atoms with E-state index in [-0.39, 0.29) is 6.04 Å². The molecule has 1 heterocycles. The van der Waals surface area contributed by atoms with Crippen LogP contribution in [0.25, 0.3) is 0 Å². The van der Waals surface area contributed by atoms with Gasteiger partial charge in [-0.05, 0) is 49.6 Å². The molecule has 1 atom stereocenters. The summed E-state index contributed by atoms with van der Waals surface area (Å²) in [7, 11) is 1.66. The van der Waals surface area contributed by atoms with E-state index in [1.807, 2.05) is 12.1 Å². The fraction of sp³-hybridized carbons (Fsp3) is 0.312. The summed E-state index contributed by atoms with van der Waals surface area (Å²) in [6.07, 6.45) is 1.90. The number of halogens is 1. The Morgan fingerprint density at radius 2 is 1.95 bits per heavy atom. The smallest absolute Gasteiger partial charge is 0.214 e. The number of anilines is 1. The van der Waals surface area contributed by atoms with Gasteiger partial charge < -0.3 is 10.1 Å². The van der Waals surface area contributed by atoms with E-state index in [0.717, 1.165) is 18.6 Å². The van der Waals surface area contributed by atoms with E-state index in [0.29, 0.717) is 5.82 Å². The number of benzene rings is 1. The Bertz CT molecular complexity index is 542. The first-order valence-electron chi connectivity index (χ1n) is 6.69. The van der Waals surface area contributed by atoms with Crippen molar-refractivity contribution in [3.8, 4) is 5.75 Å². The number of rotatable bonds is 6. The van der Waals surface area contributed by atoms with Crippen molar-refractivity contribution in [1.29, 1.82) is 0 Å². The highest BCUT2D eigenvalue weighted by molar-refractivity contribution is 5.34. The van der Waals surface area contributed by atoms with Gasteiger partial charge in [0.15, 0.2) is 0 Å². The van der Waals surface area contributed by atoms with Crippen LogP contribution in [0, 0.1) is 5.95 Å². The number of hydrogen-bond donors (Lipinski definition) is 1. The van der Waals surface area contributed by atoms with E-state index in [4.69, 9.17) is 4.74 Å². The number of aryl methyl sites for hydroxylation is 1. The molecule has 0 saturated heterocycles. The summed E-state index contributed by atoms with van der Waals surface area (Å²) >= 11 is 0. The molecule has 0 aliphatic heterocycles. The van der Waals surface area contributed by atoms with Crippen molar-refractivity contribution in [3.63, 3.8) is 0 Å². The standard InChI is InChI=1S/C16H19FN2O/c1-12(18-16-5-3-4-15(17)19-16)6-7-13-8-10-14(20-2)11-9-13/h3-5,8-12H,6-7H2,1-2H3,(H,18,19). The molecule has 0 amide bonds. The second kappa shape index (κ2) is 6.89. The molecule has 0 spiro atoms. The van der Waals surface area contributed by atoms with Crippen LogP contribution < -0.4 is 10.1 Å². The Labute approximate surface area is 118 Å². The lowest BCUT2D eigenvalue weighted by Crippen LogP contribution is -2.17. The molecule has 1 aromatic carbocycles. The van der Waals surface area contributed by atoms with E-state index in [2.05, 4.69) is 29.4 Å². The zero-order chi connectivity index (χ0) is 14.4. The van der Waals surface area contributed by atoms with E-state index < -0.39 is 5.95 Å². The number of hydrogen-bond acceptors (Lipinski definition) is 3. The molecule has 0 radical (unpaired) electrons. The summed E-state index contributed by atoms with van der Waals surface area (Å²) in [6, 6.07) is 13.0. The third-order valence-electron chi connectivity index (χ3n) is 3.13. The fourth-order valence-electron chi connectivity index (χ4n) is 1.99. The zero-order valence-electron chi connectivity index (χ0n) is 11.8. The minimum Gasteiger partial charge on any atom is -0.497 e. The molecule has 106 valence electrons. The number of ether oxygens (including phenoxy) is 1. The number of nitrogens with zero attached hydrogens (tertiary/aromatic N) is 1. The van der Waals surface area contributed by atoms with E-state index in [9.17, 15) is 4.39 Å². The number of pyridine rings is 1. The van der Waals surface area contributed by atoms with Gasteiger partial charge in [-0.3, -0.25) is 0 Å². The predicted octanol–water partition coefficient (Wildman–Crippen LogP) is 3.66. The summed E-state index contributed by atoms with van der Waals surface area (Å²) in [4.78, 5) is 3.80. The zero-order valence-corrected chi connectivity index (χ0v) is 11.8. The first-order chi connectivity index (χ1) is 9.67. The molecule has 2 aromatic rings. The van der Waals surface area contributed by atoms with Gasteiger partial charge in [0, 0.05) is 6.04 Å². The van der Waals surface area contributed by atoms with Crippen LogP contribution in [-0.4, -0.2) is 18.1 Å². The molecule has 0 aliphatic rings. The van der Waals surface area contributed by atoms with Crippen LogP contribution >= 0.6 is 0 Å². The van der Waals surface area contributed by atoms with Gasteiger partial charge in [0.1, 0.15) is 11.6 Å². The number of nitrogens with one attached hydrogen (secondary N) is 1. The van der Waals surface area contributed by atoms with Crippen LogP contribution in [0.2, 0.25) is 0 Å². The minimum atomic E-state index is -0.461. The van der Waals surface area contributed by atoms with Crippen LogP contribution in [0.4, 0.5) is 10.2 Å². The van der Waals surface area contributed by atoms with Gasteiger partial charge in [-0.15, -0.1) is 0 Å². The topological polar surface area (TPSA) is 34.1 Å². The molecule has 4 heteroatoms. The molecule has 0 fully saturated rings. The Morgan fingerprint density at radius 1 is 1.20 bits per heavy atom.